The Hall–Kier alpha value is 0.0400. The van der Waals surface area contributed by atoms with E-state index in [2.05, 4.69) is 27.3 Å². The molecule has 0 fully saturated rings. The van der Waals surface area contributed by atoms with Crippen LogP contribution in [0.2, 0.25) is 5.02 Å². The number of methoxy groups -OCH3 is 2. The molecule has 0 saturated heterocycles. The summed E-state index contributed by atoms with van der Waals surface area (Å²) in [6.45, 7) is -0.181. The summed E-state index contributed by atoms with van der Waals surface area (Å²) in [5, 5.41) is 0.576. The Morgan fingerprint density at radius 2 is 2.06 bits per heavy atom. The van der Waals surface area contributed by atoms with Gasteiger partial charge in [-0.25, -0.2) is 4.79 Å². The summed E-state index contributed by atoms with van der Waals surface area (Å²) in [6.07, 6.45) is 0. The van der Waals surface area contributed by atoms with Crippen LogP contribution in [-0.2, 0) is 9.53 Å². The molecule has 1 rings (SSSR count). The molecule has 0 aromatic heterocycles. The predicted octanol–water partition coefficient (Wildman–Crippen LogP) is 3.11. The van der Waals surface area contributed by atoms with Crippen LogP contribution in [0.4, 0.5) is 0 Å². The molecule has 4 nitrogen and oxygen atoms in total. The molecule has 0 spiro atoms. The number of rotatable bonds is 4. The summed E-state index contributed by atoms with van der Waals surface area (Å²) in [5.74, 6) is 0.522. The van der Waals surface area contributed by atoms with E-state index in [1.54, 1.807) is 6.07 Å². The number of carbonyl (C=O) groups excluding carboxylic acids is 1. The van der Waals surface area contributed by atoms with Crippen molar-refractivity contribution in [3.8, 4) is 11.5 Å². The number of esters is 1. The lowest BCUT2D eigenvalue weighted by atomic mass is 10.3. The van der Waals surface area contributed by atoms with Gasteiger partial charge in [0, 0.05) is 3.57 Å². The third kappa shape index (κ3) is 3.75. The molecule has 0 amide bonds. The van der Waals surface area contributed by atoms with Crippen molar-refractivity contribution in [2.45, 2.75) is 0 Å². The van der Waals surface area contributed by atoms with Crippen LogP contribution in [0.25, 0.3) is 0 Å². The normalized spacial score (nSPS) is 9.94. The largest absolute Gasteiger partial charge is 0.493 e. The van der Waals surface area contributed by atoms with Crippen LogP contribution in [0.1, 0.15) is 0 Å². The molecule has 0 aliphatic heterocycles. The van der Waals surface area contributed by atoms with Gasteiger partial charge in [0.25, 0.3) is 0 Å². The van der Waals surface area contributed by atoms with Gasteiger partial charge in [-0.1, -0.05) is 11.6 Å². The summed E-state index contributed by atoms with van der Waals surface area (Å²) in [7, 11) is 2.83. The van der Waals surface area contributed by atoms with Crippen LogP contribution in [0.15, 0.2) is 6.07 Å². The lowest BCUT2D eigenvalue weighted by molar-refractivity contribution is -0.142. The molecule has 94 valence electrons. The molecule has 0 aliphatic carbocycles. The zero-order chi connectivity index (χ0) is 13.0. The number of carbonyl (C=O) groups is 1. The Morgan fingerprint density at radius 3 is 2.59 bits per heavy atom. The second-order valence-electron chi connectivity index (χ2n) is 2.88. The van der Waals surface area contributed by atoms with E-state index in [1.807, 2.05) is 22.6 Å². The standard InChI is InChI=1S/C10H9ClI2O4/c1-15-6-3-5(12)8(11)9(13)10(6)17-4-7(14)16-2/h3H,4H2,1-2H3. The van der Waals surface area contributed by atoms with Crippen molar-refractivity contribution in [2.24, 2.45) is 0 Å². The average molecular weight is 482 g/mol. The number of halogens is 3. The second kappa shape index (κ2) is 6.83. The highest BCUT2D eigenvalue weighted by Gasteiger charge is 2.17. The minimum absolute atomic E-state index is 0.181. The monoisotopic (exact) mass is 482 g/mol. The third-order valence-electron chi connectivity index (χ3n) is 1.87. The molecule has 0 saturated carbocycles. The highest BCUT2D eigenvalue weighted by Crippen LogP contribution is 2.40. The van der Waals surface area contributed by atoms with E-state index in [0.717, 1.165) is 3.57 Å². The first-order valence-corrected chi connectivity index (χ1v) is 6.95. The van der Waals surface area contributed by atoms with Crippen molar-refractivity contribution in [1.82, 2.24) is 0 Å². The predicted molar refractivity (Wildman–Crippen MR) is 80.9 cm³/mol. The van der Waals surface area contributed by atoms with Gasteiger partial charge in [-0.3, -0.25) is 0 Å². The number of ether oxygens (including phenoxy) is 3. The van der Waals surface area contributed by atoms with Gasteiger partial charge in [0.2, 0.25) is 0 Å². The first-order valence-electron chi connectivity index (χ1n) is 4.42. The second-order valence-corrected chi connectivity index (χ2v) is 5.50. The molecule has 7 heteroatoms. The fourth-order valence-electron chi connectivity index (χ4n) is 1.03. The highest BCUT2D eigenvalue weighted by molar-refractivity contribution is 14.1. The SMILES string of the molecule is COC(=O)COc1c(OC)cc(I)c(Cl)c1I. The Labute approximate surface area is 131 Å². The van der Waals surface area contributed by atoms with Crippen LogP contribution >= 0.6 is 56.8 Å². The summed E-state index contributed by atoms with van der Waals surface area (Å²) >= 11 is 10.2. The zero-order valence-corrected chi connectivity index (χ0v) is 14.1. The molecule has 1 aromatic rings. The Balaban J connectivity index is 3.04. The number of benzene rings is 1. The minimum atomic E-state index is -0.461. The Kier molecular flexibility index (Phi) is 6.07. The van der Waals surface area contributed by atoms with Crippen LogP contribution in [-0.4, -0.2) is 26.8 Å². The van der Waals surface area contributed by atoms with Gasteiger partial charge < -0.3 is 14.2 Å². The van der Waals surface area contributed by atoms with Crippen LogP contribution < -0.4 is 9.47 Å². The van der Waals surface area contributed by atoms with E-state index in [0.29, 0.717) is 20.1 Å². The smallest absolute Gasteiger partial charge is 0.343 e. The summed E-state index contributed by atoms with van der Waals surface area (Å²) in [6, 6.07) is 1.75. The van der Waals surface area contributed by atoms with Crippen molar-refractivity contribution in [2.75, 3.05) is 20.8 Å². The van der Waals surface area contributed by atoms with E-state index < -0.39 is 5.97 Å². The van der Waals surface area contributed by atoms with Gasteiger partial charge in [0.05, 0.1) is 22.8 Å². The first-order chi connectivity index (χ1) is 8.01. The Bertz CT molecular complexity index is 437. The third-order valence-corrected chi connectivity index (χ3v) is 4.78. The van der Waals surface area contributed by atoms with Gasteiger partial charge in [-0.05, 0) is 51.2 Å². The lowest BCUT2D eigenvalue weighted by Crippen LogP contribution is -2.13. The summed E-state index contributed by atoms with van der Waals surface area (Å²) in [4.78, 5) is 11.0. The molecule has 1 aromatic carbocycles. The topological polar surface area (TPSA) is 44.8 Å². The molecule has 0 bridgehead atoms. The van der Waals surface area contributed by atoms with Crippen molar-refractivity contribution in [3.05, 3.63) is 18.2 Å². The van der Waals surface area contributed by atoms with Gasteiger partial charge >= 0.3 is 5.97 Å². The average Bonchev–Trinajstić information content (AvgIpc) is 2.33. The molecule has 0 atom stereocenters. The van der Waals surface area contributed by atoms with Gasteiger partial charge in [-0.2, -0.15) is 0 Å². The summed E-state index contributed by atoms with van der Waals surface area (Å²) in [5.41, 5.74) is 0. The van der Waals surface area contributed by atoms with Gasteiger partial charge in [-0.15, -0.1) is 0 Å². The maximum absolute atomic E-state index is 11.0. The van der Waals surface area contributed by atoms with Crippen LogP contribution in [0, 0.1) is 7.14 Å². The van der Waals surface area contributed by atoms with E-state index in [9.17, 15) is 4.79 Å². The van der Waals surface area contributed by atoms with Crippen molar-refractivity contribution >= 4 is 62.8 Å². The maximum Gasteiger partial charge on any atom is 0.343 e. The lowest BCUT2D eigenvalue weighted by Gasteiger charge is -2.13. The number of hydrogen-bond acceptors (Lipinski definition) is 4. The molecule has 0 unspecified atom stereocenters. The first kappa shape index (κ1) is 15.1. The molecular weight excluding hydrogens is 473 g/mol. The molecule has 17 heavy (non-hydrogen) atoms. The van der Waals surface area contributed by atoms with Crippen molar-refractivity contribution < 1.29 is 19.0 Å². The number of hydrogen-bond donors (Lipinski definition) is 0. The van der Waals surface area contributed by atoms with Gasteiger partial charge in [0.15, 0.2) is 18.1 Å². The van der Waals surface area contributed by atoms with E-state index in [4.69, 9.17) is 21.1 Å². The molecule has 0 radical (unpaired) electrons. The zero-order valence-electron chi connectivity index (χ0n) is 9.05. The molecular formula is C10H9ClI2O4. The van der Waals surface area contributed by atoms with Crippen molar-refractivity contribution in [3.63, 3.8) is 0 Å². The summed E-state index contributed by atoms with van der Waals surface area (Å²) < 4.78 is 16.6. The van der Waals surface area contributed by atoms with Crippen LogP contribution in [0.3, 0.4) is 0 Å². The van der Waals surface area contributed by atoms with Crippen LogP contribution in [0.5, 0.6) is 11.5 Å². The van der Waals surface area contributed by atoms with Gasteiger partial charge in [0.1, 0.15) is 0 Å². The van der Waals surface area contributed by atoms with E-state index in [1.165, 1.54) is 14.2 Å². The molecule has 0 heterocycles. The van der Waals surface area contributed by atoms with Crippen molar-refractivity contribution in [1.29, 1.82) is 0 Å². The molecule has 0 aliphatic rings. The molecule has 0 N–H and O–H groups in total. The Morgan fingerprint density at radius 1 is 1.41 bits per heavy atom. The van der Waals surface area contributed by atoms with E-state index >= 15 is 0 Å². The maximum atomic E-state index is 11.0. The fraction of sp³-hybridized carbons (Fsp3) is 0.300. The quantitative estimate of drug-likeness (QED) is 0.376. The minimum Gasteiger partial charge on any atom is -0.493 e. The highest BCUT2D eigenvalue weighted by atomic mass is 127. The fourth-order valence-corrected chi connectivity index (χ4v) is 2.95. The van der Waals surface area contributed by atoms with E-state index in [-0.39, 0.29) is 6.61 Å².